The van der Waals surface area contributed by atoms with E-state index in [1.54, 1.807) is 0 Å². The molecule has 0 aliphatic heterocycles. The summed E-state index contributed by atoms with van der Waals surface area (Å²) in [7, 11) is 0. The zero-order valence-corrected chi connectivity index (χ0v) is 14.0. The minimum atomic E-state index is 0.670. The standard InChI is InChI=1S/C17H26BrNO/c1-2-17(14-6-4-3-5-7-14)19-12-13-20-16-10-8-15(18)9-11-16/h8-11,14,17,19H,2-7,12-13H2,1H3. The van der Waals surface area contributed by atoms with Crippen LogP contribution in [0.3, 0.4) is 0 Å². The van der Waals surface area contributed by atoms with Crippen LogP contribution < -0.4 is 10.1 Å². The number of hydrogen-bond acceptors (Lipinski definition) is 2. The molecule has 1 aliphatic rings. The van der Waals surface area contributed by atoms with Crippen LogP contribution in [0.15, 0.2) is 28.7 Å². The Kier molecular flexibility index (Phi) is 6.88. The topological polar surface area (TPSA) is 21.3 Å². The fourth-order valence-electron chi connectivity index (χ4n) is 3.12. The lowest BCUT2D eigenvalue weighted by Crippen LogP contribution is -2.38. The van der Waals surface area contributed by atoms with Gasteiger partial charge in [0.2, 0.25) is 0 Å². The number of rotatable bonds is 7. The van der Waals surface area contributed by atoms with Crippen LogP contribution in [0.25, 0.3) is 0 Å². The molecule has 0 bridgehead atoms. The van der Waals surface area contributed by atoms with Gasteiger partial charge in [0.05, 0.1) is 0 Å². The minimum Gasteiger partial charge on any atom is -0.492 e. The summed E-state index contributed by atoms with van der Waals surface area (Å²) in [5.74, 6) is 1.82. The third-order valence-electron chi connectivity index (χ3n) is 4.25. The number of ether oxygens (including phenoxy) is 1. The first-order valence-corrected chi connectivity index (χ1v) is 8.70. The molecule has 0 aromatic heterocycles. The van der Waals surface area contributed by atoms with Gasteiger partial charge in [0.25, 0.3) is 0 Å². The van der Waals surface area contributed by atoms with E-state index >= 15 is 0 Å². The van der Waals surface area contributed by atoms with Crippen LogP contribution in [-0.2, 0) is 0 Å². The molecule has 1 aromatic carbocycles. The summed E-state index contributed by atoms with van der Waals surface area (Å²) in [5, 5.41) is 3.69. The van der Waals surface area contributed by atoms with E-state index in [1.807, 2.05) is 24.3 Å². The van der Waals surface area contributed by atoms with Crippen molar-refractivity contribution in [1.29, 1.82) is 0 Å². The molecule has 1 fully saturated rings. The lowest BCUT2D eigenvalue weighted by atomic mass is 9.83. The van der Waals surface area contributed by atoms with Crippen molar-refractivity contribution in [2.24, 2.45) is 5.92 Å². The molecular formula is C17H26BrNO. The SMILES string of the molecule is CCC(NCCOc1ccc(Br)cc1)C1CCCCC1. The molecule has 1 aromatic rings. The first kappa shape index (κ1) is 15.8. The first-order chi connectivity index (χ1) is 9.79. The van der Waals surface area contributed by atoms with Crippen molar-refractivity contribution in [2.45, 2.75) is 51.5 Å². The summed E-state index contributed by atoms with van der Waals surface area (Å²) >= 11 is 3.43. The highest BCUT2D eigenvalue weighted by atomic mass is 79.9. The maximum atomic E-state index is 5.76. The predicted molar refractivity (Wildman–Crippen MR) is 88.3 cm³/mol. The van der Waals surface area contributed by atoms with Gasteiger partial charge < -0.3 is 10.1 Å². The normalized spacial score (nSPS) is 17.9. The monoisotopic (exact) mass is 339 g/mol. The molecule has 1 atom stereocenters. The molecule has 112 valence electrons. The molecule has 0 heterocycles. The van der Waals surface area contributed by atoms with Gasteiger partial charge in [0, 0.05) is 17.1 Å². The Labute approximate surface area is 131 Å². The molecule has 1 N–H and O–H groups in total. The Balaban J connectivity index is 1.67. The van der Waals surface area contributed by atoms with Crippen molar-refractivity contribution >= 4 is 15.9 Å². The van der Waals surface area contributed by atoms with Crippen molar-refractivity contribution in [3.8, 4) is 5.75 Å². The molecule has 1 aliphatic carbocycles. The van der Waals surface area contributed by atoms with Crippen molar-refractivity contribution in [3.63, 3.8) is 0 Å². The summed E-state index contributed by atoms with van der Waals surface area (Å²) in [6.45, 7) is 3.97. The summed E-state index contributed by atoms with van der Waals surface area (Å²) in [4.78, 5) is 0. The Morgan fingerprint density at radius 3 is 2.55 bits per heavy atom. The van der Waals surface area contributed by atoms with Gasteiger partial charge in [-0.25, -0.2) is 0 Å². The van der Waals surface area contributed by atoms with Crippen molar-refractivity contribution < 1.29 is 4.74 Å². The van der Waals surface area contributed by atoms with Crippen LogP contribution >= 0.6 is 15.9 Å². The molecule has 1 unspecified atom stereocenters. The number of nitrogens with one attached hydrogen (secondary N) is 1. The number of benzene rings is 1. The van der Waals surface area contributed by atoms with Gasteiger partial charge in [-0.15, -0.1) is 0 Å². The van der Waals surface area contributed by atoms with E-state index in [9.17, 15) is 0 Å². The van der Waals surface area contributed by atoms with Crippen LogP contribution in [0.5, 0.6) is 5.75 Å². The third kappa shape index (κ3) is 5.10. The third-order valence-corrected chi connectivity index (χ3v) is 4.78. The van der Waals surface area contributed by atoms with E-state index in [1.165, 1.54) is 38.5 Å². The van der Waals surface area contributed by atoms with Gasteiger partial charge in [0.15, 0.2) is 0 Å². The summed E-state index contributed by atoms with van der Waals surface area (Å²) in [6.07, 6.45) is 8.29. The van der Waals surface area contributed by atoms with Gasteiger partial charge in [-0.05, 0) is 49.4 Å². The summed E-state index contributed by atoms with van der Waals surface area (Å²) in [5.41, 5.74) is 0. The van der Waals surface area contributed by atoms with Gasteiger partial charge in [-0.3, -0.25) is 0 Å². The molecule has 1 saturated carbocycles. The highest BCUT2D eigenvalue weighted by Gasteiger charge is 2.21. The molecule has 0 radical (unpaired) electrons. The lowest BCUT2D eigenvalue weighted by Gasteiger charge is -2.30. The zero-order chi connectivity index (χ0) is 14.2. The highest BCUT2D eigenvalue weighted by molar-refractivity contribution is 9.10. The fourth-order valence-corrected chi connectivity index (χ4v) is 3.39. The van der Waals surface area contributed by atoms with Gasteiger partial charge in [-0.1, -0.05) is 42.1 Å². The highest BCUT2D eigenvalue weighted by Crippen LogP contribution is 2.27. The predicted octanol–water partition coefficient (Wildman–Crippen LogP) is 4.78. The largest absolute Gasteiger partial charge is 0.492 e. The van der Waals surface area contributed by atoms with Gasteiger partial charge in [0.1, 0.15) is 12.4 Å². The quantitative estimate of drug-likeness (QED) is 0.722. The van der Waals surface area contributed by atoms with E-state index in [2.05, 4.69) is 28.2 Å². The number of hydrogen-bond donors (Lipinski definition) is 1. The zero-order valence-electron chi connectivity index (χ0n) is 12.4. The van der Waals surface area contributed by atoms with Gasteiger partial charge >= 0.3 is 0 Å². The summed E-state index contributed by atoms with van der Waals surface area (Å²) < 4.78 is 6.85. The Bertz CT molecular complexity index is 373. The van der Waals surface area contributed by atoms with E-state index < -0.39 is 0 Å². The van der Waals surface area contributed by atoms with Gasteiger partial charge in [-0.2, -0.15) is 0 Å². The lowest BCUT2D eigenvalue weighted by molar-refractivity contribution is 0.242. The fraction of sp³-hybridized carbons (Fsp3) is 0.647. The maximum Gasteiger partial charge on any atom is 0.119 e. The smallest absolute Gasteiger partial charge is 0.119 e. The van der Waals surface area contributed by atoms with Crippen molar-refractivity contribution in [3.05, 3.63) is 28.7 Å². The first-order valence-electron chi connectivity index (χ1n) is 7.91. The van der Waals surface area contributed by atoms with Crippen LogP contribution in [0, 0.1) is 5.92 Å². The maximum absolute atomic E-state index is 5.76. The average molecular weight is 340 g/mol. The van der Waals surface area contributed by atoms with E-state index in [4.69, 9.17) is 4.74 Å². The van der Waals surface area contributed by atoms with Crippen molar-refractivity contribution in [2.75, 3.05) is 13.2 Å². The summed E-state index contributed by atoms with van der Waals surface area (Å²) in [6, 6.07) is 8.70. The molecule has 0 spiro atoms. The average Bonchev–Trinajstić information content (AvgIpc) is 2.50. The second-order valence-electron chi connectivity index (χ2n) is 5.67. The molecule has 20 heavy (non-hydrogen) atoms. The second kappa shape index (κ2) is 8.68. The molecule has 3 heteroatoms. The Hall–Kier alpha value is -0.540. The van der Waals surface area contributed by atoms with Crippen LogP contribution in [0.2, 0.25) is 0 Å². The minimum absolute atomic E-state index is 0.670. The van der Waals surface area contributed by atoms with Crippen LogP contribution in [-0.4, -0.2) is 19.2 Å². The van der Waals surface area contributed by atoms with Crippen LogP contribution in [0.4, 0.5) is 0 Å². The molecular weight excluding hydrogens is 314 g/mol. The van der Waals surface area contributed by atoms with Crippen LogP contribution in [0.1, 0.15) is 45.4 Å². The van der Waals surface area contributed by atoms with Crippen molar-refractivity contribution in [1.82, 2.24) is 5.32 Å². The second-order valence-corrected chi connectivity index (χ2v) is 6.59. The van der Waals surface area contributed by atoms with E-state index in [0.29, 0.717) is 6.04 Å². The molecule has 2 rings (SSSR count). The molecule has 0 saturated heterocycles. The molecule has 0 amide bonds. The number of halogens is 1. The van der Waals surface area contributed by atoms with E-state index in [-0.39, 0.29) is 0 Å². The Morgan fingerprint density at radius 1 is 1.20 bits per heavy atom. The Morgan fingerprint density at radius 2 is 1.90 bits per heavy atom. The van der Waals surface area contributed by atoms with E-state index in [0.717, 1.165) is 29.3 Å². The molecule has 2 nitrogen and oxygen atoms in total.